The average Bonchev–Trinajstić information content (AvgIpc) is 2.22. The Labute approximate surface area is 44.5 Å². The average molecular weight is 111 g/mol. The van der Waals surface area contributed by atoms with E-state index in [0.717, 1.165) is 15.3 Å². The molecule has 1 atom stereocenters. The minimum absolute atomic E-state index is 0.951. The number of allylic oxidation sites excluding steroid dienone is 2. The molecule has 36 valence electrons. The van der Waals surface area contributed by atoms with Crippen LogP contribution in [0, 0.1) is 0 Å². The van der Waals surface area contributed by atoms with Crippen molar-refractivity contribution in [3.8, 4) is 0 Å². The normalized spacial score (nSPS) is 27.4. The lowest BCUT2D eigenvalue weighted by molar-refractivity contribution is 0.705. The molecule has 0 aromatic carbocycles. The fraction of sp³-hybridized carbons (Fsp3) is 0.200. The summed E-state index contributed by atoms with van der Waals surface area (Å²) in [5.74, 6) is 0. The first-order valence-electron chi connectivity index (χ1n) is 2.37. The van der Waals surface area contributed by atoms with Gasteiger partial charge in [-0.2, -0.15) is 0 Å². The molecule has 2 aliphatic heterocycles. The smallest absolute Gasteiger partial charge is 0.0402 e. The molecule has 0 amide bonds. The maximum atomic E-state index is 2.31. The van der Waals surface area contributed by atoms with Crippen LogP contribution in [-0.4, -0.2) is 11.2 Å². The first-order chi connectivity index (χ1) is 3.45. The molecule has 0 fully saturated rings. The van der Waals surface area contributed by atoms with Gasteiger partial charge in [-0.15, -0.1) is 0 Å². The Morgan fingerprint density at radius 1 is 1.71 bits per heavy atom. The summed E-state index contributed by atoms with van der Waals surface area (Å²) >= 11 is 0. The minimum atomic E-state index is 0.951. The molecule has 7 heavy (non-hydrogen) atoms. The lowest BCUT2D eigenvalue weighted by Crippen LogP contribution is -1.97. The zero-order valence-electron chi connectivity index (χ0n) is 3.89. The van der Waals surface area contributed by atoms with Gasteiger partial charge in [-0.1, -0.05) is 6.08 Å². The molecule has 1 unspecified atom stereocenters. The highest BCUT2D eigenvalue weighted by Crippen LogP contribution is 2.40. The largest absolute Gasteiger partial charge is 0.351 e. The highest BCUT2D eigenvalue weighted by Gasteiger charge is 2.12. The third-order valence-electron chi connectivity index (χ3n) is 1.21. The van der Waals surface area contributed by atoms with E-state index in [0.29, 0.717) is 0 Å². The van der Waals surface area contributed by atoms with E-state index in [9.17, 15) is 0 Å². The van der Waals surface area contributed by atoms with E-state index in [-0.39, 0.29) is 0 Å². The third-order valence-corrected chi connectivity index (χ3v) is 2.46. The summed E-state index contributed by atoms with van der Waals surface area (Å²) in [6, 6.07) is 0. The van der Waals surface area contributed by atoms with Crippen molar-refractivity contribution in [3.63, 3.8) is 0 Å². The zero-order valence-corrected chi connectivity index (χ0v) is 4.89. The molecule has 2 heteroatoms. The maximum absolute atomic E-state index is 2.31. The van der Waals surface area contributed by atoms with Crippen molar-refractivity contribution in [2.24, 2.45) is 0 Å². The van der Waals surface area contributed by atoms with Gasteiger partial charge in [0.1, 0.15) is 0 Å². The number of fused-ring (bicyclic) bond motifs is 2. The van der Waals surface area contributed by atoms with Crippen molar-refractivity contribution in [1.29, 1.82) is 0 Å². The van der Waals surface area contributed by atoms with Crippen LogP contribution in [-0.2, 0) is 0 Å². The second kappa shape index (κ2) is 1.10. The molecular formula is C5H6NP. The molecule has 2 bridgehead atoms. The van der Waals surface area contributed by atoms with Crippen LogP contribution in [0.1, 0.15) is 0 Å². The van der Waals surface area contributed by atoms with E-state index in [1.54, 1.807) is 0 Å². The Morgan fingerprint density at radius 3 is 2.86 bits per heavy atom. The molecule has 0 N–H and O–H groups in total. The van der Waals surface area contributed by atoms with Gasteiger partial charge in [0.2, 0.25) is 0 Å². The van der Waals surface area contributed by atoms with Gasteiger partial charge in [-0.25, -0.2) is 0 Å². The predicted molar refractivity (Wildman–Crippen MR) is 32.2 cm³/mol. The van der Waals surface area contributed by atoms with Crippen molar-refractivity contribution in [2.45, 2.75) is 0 Å². The highest BCUT2D eigenvalue weighted by molar-refractivity contribution is 7.41. The molecule has 0 spiro atoms. The zero-order chi connectivity index (χ0) is 4.69. The summed E-state index contributed by atoms with van der Waals surface area (Å²) in [5.41, 5.74) is 0. The van der Waals surface area contributed by atoms with Gasteiger partial charge in [0.05, 0.1) is 0 Å². The van der Waals surface area contributed by atoms with E-state index in [1.807, 2.05) is 0 Å². The Morgan fingerprint density at radius 2 is 2.71 bits per heavy atom. The number of rotatable bonds is 0. The lowest BCUT2D eigenvalue weighted by Gasteiger charge is -2.04. The molecule has 0 saturated heterocycles. The predicted octanol–water partition coefficient (Wildman–Crippen LogP) is 1.31. The number of nitrogens with zero attached hydrogens (tertiary/aromatic N) is 1. The summed E-state index contributed by atoms with van der Waals surface area (Å²) in [6.07, 6.45) is 6.62. The quantitative estimate of drug-likeness (QED) is 0.426. The second-order valence-corrected chi connectivity index (χ2v) is 3.11. The van der Waals surface area contributed by atoms with Crippen LogP contribution in [0.25, 0.3) is 0 Å². The van der Waals surface area contributed by atoms with E-state index < -0.39 is 0 Å². The maximum Gasteiger partial charge on any atom is 0.0402 e. The van der Waals surface area contributed by atoms with Gasteiger partial charge < -0.3 is 4.67 Å². The molecule has 0 radical (unpaired) electrons. The summed E-state index contributed by atoms with van der Waals surface area (Å²) in [7, 11) is 0.951. The van der Waals surface area contributed by atoms with Gasteiger partial charge in [-0.3, -0.25) is 0 Å². The van der Waals surface area contributed by atoms with Crippen LogP contribution in [0.2, 0.25) is 0 Å². The van der Waals surface area contributed by atoms with Gasteiger partial charge in [0.15, 0.2) is 0 Å². The van der Waals surface area contributed by atoms with Crippen LogP contribution in [0.3, 0.4) is 0 Å². The molecule has 2 heterocycles. The summed E-state index contributed by atoms with van der Waals surface area (Å²) in [4.78, 5) is 0. The summed E-state index contributed by atoms with van der Waals surface area (Å²) < 4.78 is 2.31. The Kier molecular flexibility index (Phi) is 0.581. The molecule has 0 saturated carbocycles. The van der Waals surface area contributed by atoms with Crippen LogP contribution in [0.5, 0.6) is 0 Å². The molecule has 2 aliphatic rings. The van der Waals surface area contributed by atoms with Crippen LogP contribution >= 0.6 is 8.73 Å². The Bertz CT molecular complexity index is 148. The first-order valence-corrected chi connectivity index (χ1v) is 3.31. The molecule has 0 aromatic heterocycles. The summed E-state index contributed by atoms with van der Waals surface area (Å²) in [6.45, 7) is 1.16. The van der Waals surface area contributed by atoms with E-state index in [4.69, 9.17) is 0 Å². The molecule has 0 aliphatic carbocycles. The second-order valence-electron chi connectivity index (χ2n) is 1.74. The molecule has 2 rings (SSSR count). The van der Waals surface area contributed by atoms with Crippen molar-refractivity contribution < 1.29 is 0 Å². The number of hydrogen-bond acceptors (Lipinski definition) is 1. The fourth-order valence-electron chi connectivity index (χ4n) is 0.828. The van der Waals surface area contributed by atoms with Crippen molar-refractivity contribution >= 4 is 8.73 Å². The van der Waals surface area contributed by atoms with Crippen LogP contribution in [0.4, 0.5) is 0 Å². The minimum Gasteiger partial charge on any atom is -0.351 e. The van der Waals surface area contributed by atoms with E-state index in [1.165, 1.54) is 5.31 Å². The first kappa shape index (κ1) is 3.68. The monoisotopic (exact) mass is 111 g/mol. The highest BCUT2D eigenvalue weighted by atomic mass is 31.1. The lowest BCUT2D eigenvalue weighted by atomic mass is 10.4. The molecule has 1 nitrogen and oxygen atoms in total. The van der Waals surface area contributed by atoms with E-state index >= 15 is 0 Å². The topological polar surface area (TPSA) is 3.24 Å². The number of hydrogen-bond donors (Lipinski definition) is 0. The fourth-order valence-corrected chi connectivity index (χ4v) is 1.82. The van der Waals surface area contributed by atoms with Crippen LogP contribution < -0.4 is 0 Å². The van der Waals surface area contributed by atoms with Gasteiger partial charge in [0, 0.05) is 21.5 Å². The molecular weight excluding hydrogens is 105 g/mol. The Hall–Kier alpha value is -0.290. The SMILES string of the molecule is C1=CN2CC=C1P2. The van der Waals surface area contributed by atoms with E-state index in [2.05, 4.69) is 23.0 Å². The van der Waals surface area contributed by atoms with Gasteiger partial charge >= 0.3 is 0 Å². The van der Waals surface area contributed by atoms with Crippen LogP contribution in [0.15, 0.2) is 23.7 Å². The standard InChI is InChI=1S/C5H6NP/c1-3-6-4-2-5(1)7-6/h1-3,7H,4H2. The third kappa shape index (κ3) is 0.418. The van der Waals surface area contributed by atoms with Gasteiger partial charge in [0.25, 0.3) is 0 Å². The van der Waals surface area contributed by atoms with Gasteiger partial charge in [-0.05, 0) is 11.4 Å². The van der Waals surface area contributed by atoms with Crippen molar-refractivity contribution in [3.05, 3.63) is 23.7 Å². The molecule has 0 aromatic rings. The van der Waals surface area contributed by atoms with Crippen molar-refractivity contribution in [2.75, 3.05) is 6.54 Å². The Balaban J connectivity index is 2.45. The summed E-state index contributed by atoms with van der Waals surface area (Å²) in [5, 5.41) is 1.51. The van der Waals surface area contributed by atoms with Crippen molar-refractivity contribution in [1.82, 2.24) is 4.67 Å².